The number of aryl methyl sites for hydroxylation is 2. The van der Waals surface area contributed by atoms with Gasteiger partial charge in [0, 0.05) is 5.41 Å². The molecular weight excluding hydrogens is 360 g/mol. The summed E-state index contributed by atoms with van der Waals surface area (Å²) >= 11 is 0. The molecule has 0 nitrogen and oxygen atoms in total. The Hall–Kier alpha value is -1.56. The smallest absolute Gasteiger partial charge is 0.0203 e. The lowest BCUT2D eigenvalue weighted by molar-refractivity contribution is 0.345. The molecule has 1 saturated carbocycles. The van der Waals surface area contributed by atoms with Gasteiger partial charge in [-0.15, -0.1) is 0 Å². The van der Waals surface area contributed by atoms with Crippen LogP contribution in [0, 0.1) is 0 Å². The predicted molar refractivity (Wildman–Crippen MR) is 132 cm³/mol. The summed E-state index contributed by atoms with van der Waals surface area (Å²) in [4.78, 5) is 0. The summed E-state index contributed by atoms with van der Waals surface area (Å²) in [5, 5.41) is 0. The van der Waals surface area contributed by atoms with Crippen LogP contribution < -0.4 is 0 Å². The van der Waals surface area contributed by atoms with E-state index in [2.05, 4.69) is 62.4 Å². The topological polar surface area (TPSA) is 0 Å². The minimum absolute atomic E-state index is 0.233. The van der Waals surface area contributed by atoms with Crippen LogP contribution in [0.15, 0.2) is 48.5 Å². The molecule has 2 aromatic carbocycles. The highest BCUT2D eigenvalue weighted by Gasteiger charge is 2.35. The Morgan fingerprint density at radius 3 is 1.57 bits per heavy atom. The molecule has 0 spiro atoms. The maximum atomic E-state index is 2.56. The minimum Gasteiger partial charge on any atom is -0.0654 e. The van der Waals surface area contributed by atoms with Gasteiger partial charge in [0.2, 0.25) is 0 Å². The zero-order valence-corrected chi connectivity index (χ0v) is 19.7. The normalized spacial score (nSPS) is 15.9. The van der Waals surface area contributed by atoms with E-state index in [1.54, 1.807) is 22.3 Å². The fraction of sp³-hybridized carbons (Fsp3) is 0.600. The lowest BCUT2D eigenvalue weighted by Crippen LogP contribution is -2.30. The summed E-state index contributed by atoms with van der Waals surface area (Å²) in [6, 6.07) is 19.3. The van der Waals surface area contributed by atoms with E-state index in [0.29, 0.717) is 0 Å². The van der Waals surface area contributed by atoms with Gasteiger partial charge in [-0.2, -0.15) is 0 Å². The van der Waals surface area contributed by atoms with Crippen LogP contribution in [0.5, 0.6) is 0 Å². The van der Waals surface area contributed by atoms with Crippen LogP contribution in [0.25, 0.3) is 0 Å². The summed E-state index contributed by atoms with van der Waals surface area (Å²) in [5.41, 5.74) is 6.49. The summed E-state index contributed by atoms with van der Waals surface area (Å²) in [7, 11) is 0. The SMILES string of the molecule is CCCCCCc1cccc(C2(c3cccc(CCCCCC)c3)CCCCC2)c1. The van der Waals surface area contributed by atoms with Gasteiger partial charge >= 0.3 is 0 Å². The first kappa shape index (κ1) is 23.1. The molecule has 0 heterocycles. The third-order valence-corrected chi connectivity index (χ3v) is 7.30. The Morgan fingerprint density at radius 1 is 0.600 bits per heavy atom. The molecule has 0 aliphatic heterocycles. The lowest BCUT2D eigenvalue weighted by atomic mass is 9.65. The first-order chi connectivity index (χ1) is 14.8. The zero-order chi connectivity index (χ0) is 21.1. The van der Waals surface area contributed by atoms with Crippen molar-refractivity contribution in [3.8, 4) is 0 Å². The van der Waals surface area contributed by atoms with Gasteiger partial charge in [0.25, 0.3) is 0 Å². The standard InChI is InChI=1S/C30H44/c1-3-5-7-10-16-26-18-14-20-28(24-26)30(22-12-9-13-23-30)29-21-15-19-27(25-29)17-11-8-6-4-2/h14-15,18-21,24-25H,3-13,16-17,22-23H2,1-2H3. The number of rotatable bonds is 12. The van der Waals surface area contributed by atoms with Crippen molar-refractivity contribution in [2.24, 2.45) is 0 Å². The van der Waals surface area contributed by atoms with Gasteiger partial charge < -0.3 is 0 Å². The number of hydrogen-bond donors (Lipinski definition) is 0. The van der Waals surface area contributed by atoms with Crippen molar-refractivity contribution in [3.05, 3.63) is 70.8 Å². The first-order valence-electron chi connectivity index (χ1n) is 13.0. The zero-order valence-electron chi connectivity index (χ0n) is 19.7. The first-order valence-corrected chi connectivity index (χ1v) is 13.0. The second-order valence-electron chi connectivity index (χ2n) is 9.66. The van der Waals surface area contributed by atoms with E-state index in [4.69, 9.17) is 0 Å². The molecule has 1 aliphatic rings. The molecule has 0 N–H and O–H groups in total. The van der Waals surface area contributed by atoms with Crippen molar-refractivity contribution < 1.29 is 0 Å². The van der Waals surface area contributed by atoms with Gasteiger partial charge in [-0.1, -0.05) is 120 Å². The van der Waals surface area contributed by atoms with Crippen molar-refractivity contribution in [1.82, 2.24) is 0 Å². The molecule has 0 radical (unpaired) electrons. The van der Waals surface area contributed by atoms with Crippen molar-refractivity contribution in [2.75, 3.05) is 0 Å². The molecule has 164 valence electrons. The monoisotopic (exact) mass is 404 g/mol. The Kier molecular flexibility index (Phi) is 9.50. The Morgan fingerprint density at radius 2 is 1.10 bits per heavy atom. The van der Waals surface area contributed by atoms with Gasteiger partial charge in [-0.05, 0) is 60.8 Å². The third-order valence-electron chi connectivity index (χ3n) is 7.30. The predicted octanol–water partition coefficient (Wildman–Crippen LogP) is 9.18. The number of hydrogen-bond acceptors (Lipinski definition) is 0. The van der Waals surface area contributed by atoms with Crippen molar-refractivity contribution in [3.63, 3.8) is 0 Å². The van der Waals surface area contributed by atoms with E-state index >= 15 is 0 Å². The van der Waals surface area contributed by atoms with Gasteiger partial charge in [-0.25, -0.2) is 0 Å². The van der Waals surface area contributed by atoms with Crippen molar-refractivity contribution >= 4 is 0 Å². The quantitative estimate of drug-likeness (QED) is 0.309. The highest BCUT2D eigenvalue weighted by molar-refractivity contribution is 5.43. The molecule has 0 unspecified atom stereocenters. The molecule has 0 saturated heterocycles. The Labute approximate surface area is 186 Å². The van der Waals surface area contributed by atoms with Gasteiger partial charge in [0.05, 0.1) is 0 Å². The van der Waals surface area contributed by atoms with Crippen LogP contribution in [-0.4, -0.2) is 0 Å². The lowest BCUT2D eigenvalue weighted by Gasteiger charge is -2.39. The molecule has 0 heteroatoms. The summed E-state index contributed by atoms with van der Waals surface area (Å²) in [6.45, 7) is 4.59. The van der Waals surface area contributed by atoms with E-state index in [9.17, 15) is 0 Å². The van der Waals surface area contributed by atoms with Crippen LogP contribution in [-0.2, 0) is 18.3 Å². The van der Waals surface area contributed by atoms with Crippen LogP contribution in [0.3, 0.4) is 0 Å². The molecular formula is C30H44. The largest absolute Gasteiger partial charge is 0.0654 e. The third kappa shape index (κ3) is 6.22. The Balaban J connectivity index is 1.81. The molecule has 1 fully saturated rings. The van der Waals surface area contributed by atoms with Gasteiger partial charge in [0.15, 0.2) is 0 Å². The van der Waals surface area contributed by atoms with Crippen LogP contribution >= 0.6 is 0 Å². The summed E-state index contributed by atoms with van der Waals surface area (Å²) in [5.74, 6) is 0. The van der Waals surface area contributed by atoms with Crippen LogP contribution in [0.2, 0.25) is 0 Å². The molecule has 0 bridgehead atoms. The van der Waals surface area contributed by atoms with E-state index in [1.165, 1.54) is 96.3 Å². The minimum atomic E-state index is 0.233. The Bertz CT molecular complexity index is 678. The highest BCUT2D eigenvalue weighted by atomic mass is 14.4. The molecule has 0 amide bonds. The van der Waals surface area contributed by atoms with Gasteiger partial charge in [0.1, 0.15) is 0 Å². The molecule has 3 rings (SSSR count). The maximum absolute atomic E-state index is 2.56. The average molecular weight is 405 g/mol. The maximum Gasteiger partial charge on any atom is 0.0203 e. The molecule has 30 heavy (non-hydrogen) atoms. The van der Waals surface area contributed by atoms with E-state index in [0.717, 1.165) is 0 Å². The van der Waals surface area contributed by atoms with Crippen molar-refractivity contribution in [2.45, 2.75) is 116 Å². The summed E-state index contributed by atoms with van der Waals surface area (Å²) < 4.78 is 0. The number of unbranched alkanes of at least 4 members (excludes halogenated alkanes) is 6. The molecule has 1 aliphatic carbocycles. The van der Waals surface area contributed by atoms with E-state index in [-0.39, 0.29) is 5.41 Å². The molecule has 0 atom stereocenters. The summed E-state index contributed by atoms with van der Waals surface area (Å²) in [6.07, 6.45) is 20.0. The second kappa shape index (κ2) is 12.3. The molecule has 0 aromatic heterocycles. The van der Waals surface area contributed by atoms with E-state index < -0.39 is 0 Å². The fourth-order valence-electron chi connectivity index (χ4n) is 5.46. The molecule has 2 aromatic rings. The average Bonchev–Trinajstić information content (AvgIpc) is 2.80. The highest BCUT2D eigenvalue weighted by Crippen LogP contribution is 2.45. The van der Waals surface area contributed by atoms with Crippen LogP contribution in [0.1, 0.15) is 120 Å². The van der Waals surface area contributed by atoms with E-state index in [1.807, 2.05) is 0 Å². The van der Waals surface area contributed by atoms with Crippen molar-refractivity contribution in [1.29, 1.82) is 0 Å². The second-order valence-corrected chi connectivity index (χ2v) is 9.66. The fourth-order valence-corrected chi connectivity index (χ4v) is 5.46. The van der Waals surface area contributed by atoms with Gasteiger partial charge in [-0.3, -0.25) is 0 Å². The van der Waals surface area contributed by atoms with Crippen LogP contribution in [0.4, 0.5) is 0 Å². The number of benzene rings is 2.